The molecule has 0 spiro atoms. The van der Waals surface area contributed by atoms with Crippen LogP contribution in [-0.2, 0) is 13.0 Å². The summed E-state index contributed by atoms with van der Waals surface area (Å²) in [6.07, 6.45) is 0.755. The molecule has 0 radical (unpaired) electrons. The van der Waals surface area contributed by atoms with Gasteiger partial charge in [-0.25, -0.2) is 4.79 Å². The molecule has 1 aliphatic rings. The van der Waals surface area contributed by atoms with Crippen LogP contribution >= 0.6 is 22.6 Å². The first-order chi connectivity index (χ1) is 16.7. The van der Waals surface area contributed by atoms with Gasteiger partial charge in [0.2, 0.25) is 0 Å². The molecule has 0 saturated carbocycles. The van der Waals surface area contributed by atoms with E-state index in [9.17, 15) is 4.79 Å². The van der Waals surface area contributed by atoms with Crippen molar-refractivity contribution in [2.24, 2.45) is 0 Å². The van der Waals surface area contributed by atoms with Crippen molar-refractivity contribution in [1.29, 1.82) is 0 Å². The number of rotatable bonds is 6. The van der Waals surface area contributed by atoms with Gasteiger partial charge < -0.3 is 27.9 Å². The molecule has 0 aliphatic carbocycles. The maximum atomic E-state index is 13.3. The Morgan fingerprint density at radius 2 is 1.54 bits per heavy atom. The first-order valence-electron chi connectivity index (χ1n) is 11.6. The summed E-state index contributed by atoms with van der Waals surface area (Å²) in [5, 5.41) is 1.67. The van der Waals surface area contributed by atoms with E-state index in [4.69, 9.17) is 23.4 Å². The van der Waals surface area contributed by atoms with Crippen LogP contribution in [0.25, 0.3) is 33.1 Å². The van der Waals surface area contributed by atoms with E-state index in [0.29, 0.717) is 34.9 Å². The number of methoxy groups -OCH3 is 2. The molecule has 0 fully saturated rings. The summed E-state index contributed by atoms with van der Waals surface area (Å²) in [6, 6.07) is 7.71. The summed E-state index contributed by atoms with van der Waals surface area (Å²) in [6.45, 7) is 8.54. The molecule has 0 atom stereocenters. The number of fused-ring (bicyclic) bond motifs is 7. The van der Waals surface area contributed by atoms with Crippen molar-refractivity contribution >= 4 is 44.5 Å². The van der Waals surface area contributed by atoms with Crippen LogP contribution in [0.3, 0.4) is 0 Å². The minimum atomic E-state index is -0.368. The van der Waals surface area contributed by atoms with Crippen molar-refractivity contribution in [3.05, 3.63) is 43.8 Å². The molecule has 0 saturated heterocycles. The van der Waals surface area contributed by atoms with Crippen molar-refractivity contribution in [2.45, 2.75) is 52.9 Å². The van der Waals surface area contributed by atoms with Gasteiger partial charge in [0.25, 0.3) is 0 Å². The summed E-state index contributed by atoms with van der Waals surface area (Å²) in [5.74, 6) is 2.54. The number of hydrogen-bond acceptors (Lipinski definition) is 6. The zero-order valence-corrected chi connectivity index (χ0v) is 22.8. The Labute approximate surface area is 217 Å². The van der Waals surface area contributed by atoms with Gasteiger partial charge in [0.15, 0.2) is 23.0 Å². The van der Waals surface area contributed by atoms with E-state index in [-0.39, 0.29) is 17.8 Å². The third kappa shape index (κ3) is 3.91. The lowest BCUT2D eigenvalue weighted by atomic mass is 9.97. The minimum absolute atomic E-state index is 0.0349. The highest BCUT2D eigenvalue weighted by atomic mass is 127. The van der Waals surface area contributed by atoms with Crippen LogP contribution in [0.15, 0.2) is 33.5 Å². The topological polar surface area (TPSA) is 72.1 Å². The molecule has 184 valence electrons. The fraction of sp³-hybridized carbons (Fsp3) is 0.370. The van der Waals surface area contributed by atoms with E-state index < -0.39 is 0 Å². The van der Waals surface area contributed by atoms with E-state index in [0.717, 1.165) is 43.3 Å². The molecule has 0 amide bonds. The van der Waals surface area contributed by atoms with Gasteiger partial charge in [-0.2, -0.15) is 0 Å². The largest absolute Gasteiger partial charge is 0.493 e. The highest BCUT2D eigenvalue weighted by Crippen LogP contribution is 2.46. The van der Waals surface area contributed by atoms with Gasteiger partial charge in [0.1, 0.15) is 11.1 Å². The highest BCUT2D eigenvalue weighted by Gasteiger charge is 2.29. The van der Waals surface area contributed by atoms with Crippen molar-refractivity contribution in [1.82, 2.24) is 4.57 Å². The minimum Gasteiger partial charge on any atom is -0.493 e. The van der Waals surface area contributed by atoms with Gasteiger partial charge in [-0.15, -0.1) is 0 Å². The normalized spacial score (nSPS) is 12.8. The molecule has 2 aromatic heterocycles. The molecule has 8 heteroatoms. The van der Waals surface area contributed by atoms with Gasteiger partial charge in [-0.05, 0) is 80.5 Å². The van der Waals surface area contributed by atoms with Crippen LogP contribution in [-0.4, -0.2) is 31.0 Å². The van der Waals surface area contributed by atoms with E-state index in [1.807, 2.05) is 39.8 Å². The molecular weight excluding hydrogens is 561 g/mol. The smallest absolute Gasteiger partial charge is 0.361 e. The monoisotopic (exact) mass is 589 g/mol. The molecule has 2 aromatic carbocycles. The first-order valence-corrected chi connectivity index (χ1v) is 12.7. The number of aromatic nitrogens is 1. The first kappa shape index (κ1) is 23.8. The van der Waals surface area contributed by atoms with Gasteiger partial charge in [-0.1, -0.05) is 0 Å². The number of halogens is 1. The summed E-state index contributed by atoms with van der Waals surface area (Å²) >= 11 is 2.34. The Morgan fingerprint density at radius 3 is 2.17 bits per heavy atom. The molecule has 4 aromatic rings. The van der Waals surface area contributed by atoms with Crippen LogP contribution < -0.4 is 24.6 Å². The molecule has 35 heavy (non-hydrogen) atoms. The summed E-state index contributed by atoms with van der Waals surface area (Å²) < 4.78 is 32.0. The number of nitrogens with zero attached hydrogens (tertiary/aromatic N) is 1. The number of hydrogen-bond donors (Lipinski definition) is 0. The van der Waals surface area contributed by atoms with Crippen molar-refractivity contribution < 1.29 is 23.4 Å². The third-order valence-corrected chi connectivity index (χ3v) is 7.16. The Balaban J connectivity index is 1.80. The molecule has 7 nitrogen and oxygen atoms in total. The van der Waals surface area contributed by atoms with Crippen LogP contribution in [0.5, 0.6) is 23.0 Å². The third-order valence-electron chi connectivity index (χ3n) is 6.11. The fourth-order valence-corrected chi connectivity index (χ4v) is 5.90. The average molecular weight is 589 g/mol. The molecule has 3 heterocycles. The Morgan fingerprint density at radius 1 is 0.914 bits per heavy atom. The van der Waals surface area contributed by atoms with E-state index in [1.54, 1.807) is 20.3 Å². The van der Waals surface area contributed by atoms with Gasteiger partial charge in [0, 0.05) is 32.5 Å². The predicted molar refractivity (Wildman–Crippen MR) is 144 cm³/mol. The lowest BCUT2D eigenvalue weighted by Gasteiger charge is -2.23. The van der Waals surface area contributed by atoms with E-state index in [2.05, 4.69) is 33.2 Å². The SMILES string of the molecule is COc1cc2c(cc1OC(C)C)CCn1c-2c(I)c2c3cc(OC)c(OC(C)C)cc3oc(=O)c21. The quantitative estimate of drug-likeness (QED) is 0.198. The lowest BCUT2D eigenvalue weighted by Crippen LogP contribution is -2.15. The Kier molecular flexibility index (Phi) is 6.11. The molecule has 0 bridgehead atoms. The predicted octanol–water partition coefficient (Wildman–Crippen LogP) is 6.17. The summed E-state index contributed by atoms with van der Waals surface area (Å²) in [5.41, 5.74) is 3.84. The molecule has 5 rings (SSSR count). The molecule has 0 unspecified atom stereocenters. The van der Waals surface area contributed by atoms with Crippen LogP contribution in [0.1, 0.15) is 33.3 Å². The lowest BCUT2D eigenvalue weighted by molar-refractivity contribution is 0.230. The molecule has 1 aliphatic heterocycles. The highest BCUT2D eigenvalue weighted by molar-refractivity contribution is 14.1. The van der Waals surface area contributed by atoms with Gasteiger partial charge in [0.05, 0.1) is 32.1 Å². The van der Waals surface area contributed by atoms with Crippen molar-refractivity contribution in [3.63, 3.8) is 0 Å². The summed E-state index contributed by atoms with van der Waals surface area (Å²) in [4.78, 5) is 13.3. The van der Waals surface area contributed by atoms with Crippen LogP contribution in [0, 0.1) is 3.57 Å². The van der Waals surface area contributed by atoms with E-state index >= 15 is 0 Å². The zero-order chi connectivity index (χ0) is 25.0. The molecule has 0 N–H and O–H groups in total. The second kappa shape index (κ2) is 8.96. The van der Waals surface area contributed by atoms with Gasteiger partial charge in [-0.3, -0.25) is 0 Å². The number of benzene rings is 2. The fourth-order valence-electron chi connectivity index (χ4n) is 4.77. The van der Waals surface area contributed by atoms with Crippen LogP contribution in [0.4, 0.5) is 0 Å². The number of aryl methyl sites for hydroxylation is 2. The molecular formula is C27H28INO6. The Hall–Kier alpha value is -2.88. The van der Waals surface area contributed by atoms with Crippen molar-refractivity contribution in [2.75, 3.05) is 14.2 Å². The second-order valence-corrected chi connectivity index (χ2v) is 10.2. The maximum absolute atomic E-state index is 13.3. The maximum Gasteiger partial charge on any atom is 0.361 e. The number of ether oxygens (including phenoxy) is 4. The van der Waals surface area contributed by atoms with Crippen LogP contribution in [0.2, 0.25) is 0 Å². The van der Waals surface area contributed by atoms with E-state index in [1.165, 1.54) is 0 Å². The summed E-state index contributed by atoms with van der Waals surface area (Å²) in [7, 11) is 3.25. The van der Waals surface area contributed by atoms with Crippen molar-refractivity contribution in [3.8, 4) is 34.3 Å². The van der Waals surface area contributed by atoms with Gasteiger partial charge >= 0.3 is 5.63 Å². The second-order valence-electron chi connectivity index (χ2n) is 9.17. The Bertz CT molecular complexity index is 1510. The zero-order valence-electron chi connectivity index (χ0n) is 20.7. The standard InChI is InChI=1S/C27H28INO6/c1-13(2)33-21-9-15-7-8-29-25(16(15)10-19(21)31-5)24(28)23-17-11-20(32-6)22(34-14(3)4)12-18(17)35-27(30)26(23)29/h9-14H,7-8H2,1-6H3. The average Bonchev–Trinajstić information content (AvgIpc) is 3.11.